The molecule has 1 aliphatic heterocycles. The second kappa shape index (κ2) is 5.77. The summed E-state index contributed by atoms with van der Waals surface area (Å²) in [6.07, 6.45) is 0. The minimum atomic E-state index is -0.373. The first kappa shape index (κ1) is 13.9. The average molecular weight is 301 g/mol. The summed E-state index contributed by atoms with van der Waals surface area (Å²) in [7, 11) is 0. The van der Waals surface area contributed by atoms with Crippen LogP contribution in [-0.4, -0.2) is 17.3 Å². The summed E-state index contributed by atoms with van der Waals surface area (Å²) >= 11 is 1.81. The quantitative estimate of drug-likeness (QED) is 0.628. The van der Waals surface area contributed by atoms with E-state index in [9.17, 15) is 10.1 Å². The van der Waals surface area contributed by atoms with Crippen LogP contribution in [0.5, 0.6) is 5.75 Å². The van der Waals surface area contributed by atoms with Crippen molar-refractivity contribution in [2.24, 2.45) is 0 Å². The number of ether oxygens (including phenoxy) is 1. The van der Waals surface area contributed by atoms with Crippen LogP contribution in [0.4, 0.5) is 5.69 Å². The molecule has 0 saturated heterocycles. The van der Waals surface area contributed by atoms with E-state index in [0.29, 0.717) is 17.9 Å². The topological polar surface area (TPSA) is 52.4 Å². The van der Waals surface area contributed by atoms with Crippen LogP contribution in [-0.2, 0) is 0 Å². The lowest BCUT2D eigenvalue weighted by molar-refractivity contribution is -0.386. The molecule has 1 aliphatic rings. The van der Waals surface area contributed by atoms with Crippen molar-refractivity contribution in [2.45, 2.75) is 17.7 Å². The molecule has 21 heavy (non-hydrogen) atoms. The van der Waals surface area contributed by atoms with Gasteiger partial charge in [0.2, 0.25) is 0 Å². The lowest BCUT2D eigenvalue weighted by Crippen LogP contribution is -2.11. The number of thioether (sulfide) groups is 1. The monoisotopic (exact) mass is 301 g/mol. The Morgan fingerprint density at radius 1 is 1.29 bits per heavy atom. The Hall–Kier alpha value is -2.01. The lowest BCUT2D eigenvalue weighted by atomic mass is 10.0. The lowest BCUT2D eigenvalue weighted by Gasteiger charge is -2.13. The highest BCUT2D eigenvalue weighted by Crippen LogP contribution is 2.40. The summed E-state index contributed by atoms with van der Waals surface area (Å²) in [5, 5.41) is 11.2. The van der Waals surface area contributed by atoms with Gasteiger partial charge in [-0.1, -0.05) is 30.3 Å². The van der Waals surface area contributed by atoms with Gasteiger partial charge in [-0.15, -0.1) is 11.8 Å². The van der Waals surface area contributed by atoms with Crippen LogP contribution in [0.2, 0.25) is 0 Å². The Morgan fingerprint density at radius 3 is 2.90 bits per heavy atom. The van der Waals surface area contributed by atoms with Crippen LogP contribution in [0.3, 0.4) is 0 Å². The highest BCUT2D eigenvalue weighted by molar-refractivity contribution is 7.99. The molecular formula is C16H15NO3S. The van der Waals surface area contributed by atoms with E-state index in [1.54, 1.807) is 25.1 Å². The molecule has 2 aromatic carbocycles. The van der Waals surface area contributed by atoms with Gasteiger partial charge in [-0.2, -0.15) is 0 Å². The normalized spacial score (nSPS) is 16.5. The number of para-hydroxylation sites is 1. The molecule has 1 unspecified atom stereocenters. The van der Waals surface area contributed by atoms with Crippen molar-refractivity contribution in [2.75, 3.05) is 12.4 Å². The zero-order chi connectivity index (χ0) is 14.8. The highest BCUT2D eigenvalue weighted by Gasteiger charge is 2.25. The number of benzene rings is 2. The van der Waals surface area contributed by atoms with E-state index in [-0.39, 0.29) is 16.5 Å². The van der Waals surface area contributed by atoms with Crippen molar-refractivity contribution in [3.05, 3.63) is 63.7 Å². The number of nitro benzene ring substituents is 1. The third-order valence-electron chi connectivity index (χ3n) is 3.62. The average Bonchev–Trinajstić information content (AvgIpc) is 2.88. The van der Waals surface area contributed by atoms with E-state index < -0.39 is 0 Å². The predicted octanol–water partition coefficient (Wildman–Crippen LogP) is 4.17. The fourth-order valence-electron chi connectivity index (χ4n) is 2.54. The van der Waals surface area contributed by atoms with Crippen molar-refractivity contribution < 1.29 is 9.66 Å². The Bertz CT molecular complexity index is 687. The van der Waals surface area contributed by atoms with Gasteiger partial charge in [0.15, 0.2) is 5.75 Å². The second-order valence-electron chi connectivity index (χ2n) is 5.04. The molecule has 0 amide bonds. The fourth-order valence-corrected chi connectivity index (χ4v) is 3.77. The molecule has 0 aromatic heterocycles. The van der Waals surface area contributed by atoms with Crippen molar-refractivity contribution in [1.82, 2.24) is 0 Å². The zero-order valence-corrected chi connectivity index (χ0v) is 12.4. The fraction of sp³-hybridized carbons (Fsp3) is 0.250. The third kappa shape index (κ3) is 2.74. The van der Waals surface area contributed by atoms with Gasteiger partial charge in [0.25, 0.3) is 0 Å². The number of hydrogen-bond donors (Lipinski definition) is 0. The summed E-state index contributed by atoms with van der Waals surface area (Å²) in [5.41, 5.74) is 1.97. The molecule has 3 rings (SSSR count). The Kier molecular flexibility index (Phi) is 3.84. The van der Waals surface area contributed by atoms with Crippen molar-refractivity contribution in [1.29, 1.82) is 0 Å². The number of nitro groups is 1. The summed E-state index contributed by atoms with van der Waals surface area (Å²) in [5.74, 6) is 1.60. The van der Waals surface area contributed by atoms with Gasteiger partial charge < -0.3 is 4.74 Å². The molecule has 0 saturated carbocycles. The van der Waals surface area contributed by atoms with Gasteiger partial charge in [-0.05, 0) is 24.6 Å². The van der Waals surface area contributed by atoms with E-state index in [0.717, 1.165) is 5.75 Å². The molecule has 0 bridgehead atoms. The van der Waals surface area contributed by atoms with Crippen molar-refractivity contribution in [3.63, 3.8) is 0 Å². The second-order valence-corrected chi connectivity index (χ2v) is 6.10. The van der Waals surface area contributed by atoms with E-state index >= 15 is 0 Å². The van der Waals surface area contributed by atoms with Crippen LogP contribution in [0.25, 0.3) is 0 Å². The molecule has 1 heterocycles. The van der Waals surface area contributed by atoms with E-state index in [2.05, 4.69) is 12.1 Å². The molecule has 2 aromatic rings. The predicted molar refractivity (Wildman–Crippen MR) is 83.2 cm³/mol. The first-order chi connectivity index (χ1) is 10.2. The smallest absolute Gasteiger partial charge is 0.313 e. The number of fused-ring (bicyclic) bond motifs is 1. The maximum atomic E-state index is 11.2. The van der Waals surface area contributed by atoms with E-state index in [1.165, 1.54) is 10.5 Å². The van der Waals surface area contributed by atoms with Crippen LogP contribution >= 0.6 is 11.8 Å². The standard InChI is InChI=1S/C16H15NO3S/c1-11-5-4-7-14(16(11)17(18)19)20-9-12-10-21-15-8-3-2-6-13(12)15/h2-8,12H,9-10H2,1H3. The van der Waals surface area contributed by atoms with Gasteiger partial charge in [-0.25, -0.2) is 0 Å². The largest absolute Gasteiger partial charge is 0.486 e. The third-order valence-corrected chi connectivity index (χ3v) is 4.87. The molecule has 0 fully saturated rings. The molecule has 4 nitrogen and oxygen atoms in total. The van der Waals surface area contributed by atoms with Gasteiger partial charge in [-0.3, -0.25) is 10.1 Å². The molecule has 0 aliphatic carbocycles. The number of rotatable bonds is 4. The maximum Gasteiger partial charge on any atom is 0.313 e. The van der Waals surface area contributed by atoms with E-state index in [4.69, 9.17) is 4.74 Å². The summed E-state index contributed by atoms with van der Waals surface area (Å²) < 4.78 is 5.77. The molecule has 0 radical (unpaired) electrons. The van der Waals surface area contributed by atoms with Crippen molar-refractivity contribution in [3.8, 4) is 5.75 Å². The van der Waals surface area contributed by atoms with Crippen LogP contribution in [0, 0.1) is 17.0 Å². The number of hydrogen-bond acceptors (Lipinski definition) is 4. The molecule has 0 N–H and O–H groups in total. The molecular weight excluding hydrogens is 286 g/mol. The number of aryl methyl sites for hydroxylation is 1. The summed E-state index contributed by atoms with van der Waals surface area (Å²) in [4.78, 5) is 12.1. The zero-order valence-electron chi connectivity index (χ0n) is 11.6. The number of nitrogens with zero attached hydrogens (tertiary/aromatic N) is 1. The van der Waals surface area contributed by atoms with Crippen molar-refractivity contribution >= 4 is 17.4 Å². The van der Waals surface area contributed by atoms with Crippen LogP contribution in [0.1, 0.15) is 17.0 Å². The molecule has 5 heteroatoms. The van der Waals surface area contributed by atoms with Crippen LogP contribution in [0.15, 0.2) is 47.4 Å². The summed E-state index contributed by atoms with van der Waals surface area (Å²) in [6, 6.07) is 13.4. The molecule has 0 spiro atoms. The first-order valence-electron chi connectivity index (χ1n) is 6.75. The molecule has 108 valence electrons. The van der Waals surface area contributed by atoms with Gasteiger partial charge in [0.05, 0.1) is 11.5 Å². The Balaban J connectivity index is 1.78. The van der Waals surface area contributed by atoms with Gasteiger partial charge in [0.1, 0.15) is 0 Å². The maximum absolute atomic E-state index is 11.2. The first-order valence-corrected chi connectivity index (χ1v) is 7.74. The minimum absolute atomic E-state index is 0.0661. The van der Waals surface area contributed by atoms with Gasteiger partial charge >= 0.3 is 5.69 Å². The highest BCUT2D eigenvalue weighted by atomic mass is 32.2. The summed E-state index contributed by atoms with van der Waals surface area (Å²) in [6.45, 7) is 2.19. The Morgan fingerprint density at radius 2 is 2.10 bits per heavy atom. The Labute approximate surface area is 127 Å². The molecule has 1 atom stereocenters. The minimum Gasteiger partial charge on any atom is -0.486 e. The van der Waals surface area contributed by atoms with Crippen LogP contribution < -0.4 is 4.74 Å². The SMILES string of the molecule is Cc1cccc(OCC2CSc3ccccc32)c1[N+](=O)[O-]. The van der Waals surface area contributed by atoms with E-state index in [1.807, 2.05) is 23.9 Å². The van der Waals surface area contributed by atoms with Gasteiger partial charge in [0, 0.05) is 22.1 Å².